The SMILES string of the molecule is Nc1ccncc1C(=O)Nc1ccc(Br)c(F)c1. The normalized spacial score (nSPS) is 10.1. The minimum absolute atomic E-state index is 0.251. The predicted molar refractivity (Wildman–Crippen MR) is 70.7 cm³/mol. The summed E-state index contributed by atoms with van der Waals surface area (Å²) in [5, 5.41) is 2.55. The van der Waals surface area contributed by atoms with Gasteiger partial charge in [0.1, 0.15) is 5.82 Å². The summed E-state index contributed by atoms with van der Waals surface area (Å²) in [6, 6.07) is 5.83. The van der Waals surface area contributed by atoms with Crippen LogP contribution in [0.25, 0.3) is 0 Å². The molecule has 0 bridgehead atoms. The Bertz CT molecular complexity index is 604. The van der Waals surface area contributed by atoms with Crippen molar-refractivity contribution in [3.8, 4) is 0 Å². The Hall–Kier alpha value is -1.95. The van der Waals surface area contributed by atoms with Crippen LogP contribution in [0.2, 0.25) is 0 Å². The molecule has 1 aromatic carbocycles. The average molecular weight is 310 g/mol. The first-order valence-corrected chi connectivity index (χ1v) is 5.83. The predicted octanol–water partition coefficient (Wildman–Crippen LogP) is 2.82. The van der Waals surface area contributed by atoms with Crippen LogP contribution in [0.15, 0.2) is 41.1 Å². The quantitative estimate of drug-likeness (QED) is 0.896. The minimum Gasteiger partial charge on any atom is -0.398 e. The Morgan fingerprint density at radius 2 is 2.17 bits per heavy atom. The number of halogens is 2. The molecule has 92 valence electrons. The number of rotatable bonds is 2. The lowest BCUT2D eigenvalue weighted by Gasteiger charge is -2.07. The maximum atomic E-state index is 13.3. The van der Waals surface area contributed by atoms with Gasteiger partial charge >= 0.3 is 0 Å². The number of nitrogens with two attached hydrogens (primary N) is 1. The number of amides is 1. The molecule has 0 atom stereocenters. The summed E-state index contributed by atoms with van der Waals surface area (Å²) in [6.45, 7) is 0. The molecule has 3 N–H and O–H groups in total. The lowest BCUT2D eigenvalue weighted by atomic mass is 10.2. The fourth-order valence-corrected chi connectivity index (χ4v) is 1.61. The van der Waals surface area contributed by atoms with Gasteiger partial charge in [0.2, 0.25) is 0 Å². The number of nitrogens with zero attached hydrogens (tertiary/aromatic N) is 1. The van der Waals surface area contributed by atoms with E-state index in [1.165, 1.54) is 30.6 Å². The van der Waals surface area contributed by atoms with Gasteiger partial charge in [0.15, 0.2) is 0 Å². The highest BCUT2D eigenvalue weighted by Crippen LogP contribution is 2.20. The first-order chi connectivity index (χ1) is 8.58. The van der Waals surface area contributed by atoms with Gasteiger partial charge in [-0.05, 0) is 40.2 Å². The number of nitrogens with one attached hydrogen (secondary N) is 1. The molecule has 0 radical (unpaired) electrons. The fraction of sp³-hybridized carbons (Fsp3) is 0. The second-order valence-electron chi connectivity index (χ2n) is 3.55. The molecule has 0 spiro atoms. The molecule has 2 rings (SSSR count). The van der Waals surface area contributed by atoms with E-state index in [4.69, 9.17) is 5.73 Å². The van der Waals surface area contributed by atoms with Gasteiger partial charge in [0, 0.05) is 23.8 Å². The molecule has 0 fully saturated rings. The monoisotopic (exact) mass is 309 g/mol. The van der Waals surface area contributed by atoms with Crippen molar-refractivity contribution in [3.63, 3.8) is 0 Å². The van der Waals surface area contributed by atoms with Crippen LogP contribution < -0.4 is 11.1 Å². The van der Waals surface area contributed by atoms with Crippen molar-refractivity contribution in [1.29, 1.82) is 0 Å². The number of carbonyl (C=O) groups excluding carboxylic acids is 1. The van der Waals surface area contributed by atoms with Crippen LogP contribution in [0, 0.1) is 5.82 Å². The zero-order valence-corrected chi connectivity index (χ0v) is 10.7. The van der Waals surface area contributed by atoms with Crippen LogP contribution in [-0.2, 0) is 0 Å². The molecule has 1 amide bonds. The standard InChI is InChI=1S/C12H9BrFN3O/c13-9-2-1-7(5-10(9)14)17-12(18)8-6-16-4-3-11(8)15/h1-6H,(H2,15,16)(H,17,18). The molecular formula is C12H9BrFN3O. The molecule has 18 heavy (non-hydrogen) atoms. The third-order valence-electron chi connectivity index (χ3n) is 2.28. The highest BCUT2D eigenvalue weighted by molar-refractivity contribution is 9.10. The fourth-order valence-electron chi connectivity index (χ4n) is 1.37. The lowest BCUT2D eigenvalue weighted by Crippen LogP contribution is -2.14. The molecule has 0 aliphatic rings. The Balaban J connectivity index is 2.22. The van der Waals surface area contributed by atoms with Gasteiger partial charge in [0.25, 0.3) is 5.91 Å². The topological polar surface area (TPSA) is 68.0 Å². The Morgan fingerprint density at radius 3 is 2.83 bits per heavy atom. The van der Waals surface area contributed by atoms with E-state index >= 15 is 0 Å². The number of hydrogen-bond acceptors (Lipinski definition) is 3. The van der Waals surface area contributed by atoms with E-state index in [1.54, 1.807) is 6.07 Å². The maximum Gasteiger partial charge on any atom is 0.259 e. The van der Waals surface area contributed by atoms with E-state index in [1.807, 2.05) is 0 Å². The second kappa shape index (κ2) is 5.14. The smallest absolute Gasteiger partial charge is 0.259 e. The molecule has 0 saturated carbocycles. The van der Waals surface area contributed by atoms with Crippen LogP contribution in [-0.4, -0.2) is 10.9 Å². The molecule has 0 aliphatic carbocycles. The molecule has 0 saturated heterocycles. The minimum atomic E-state index is -0.452. The zero-order valence-electron chi connectivity index (χ0n) is 9.15. The van der Waals surface area contributed by atoms with Gasteiger partial charge in [-0.3, -0.25) is 9.78 Å². The number of hydrogen-bond donors (Lipinski definition) is 2. The van der Waals surface area contributed by atoms with Crippen molar-refractivity contribution in [3.05, 3.63) is 52.5 Å². The zero-order chi connectivity index (χ0) is 13.1. The Morgan fingerprint density at radius 1 is 1.39 bits per heavy atom. The van der Waals surface area contributed by atoms with Gasteiger partial charge in [-0.25, -0.2) is 4.39 Å². The molecule has 4 nitrogen and oxygen atoms in total. The van der Waals surface area contributed by atoms with Crippen LogP contribution in [0.4, 0.5) is 15.8 Å². The highest BCUT2D eigenvalue weighted by Gasteiger charge is 2.10. The van der Waals surface area contributed by atoms with E-state index in [-0.39, 0.29) is 5.56 Å². The van der Waals surface area contributed by atoms with Crippen molar-refractivity contribution in [2.75, 3.05) is 11.1 Å². The highest BCUT2D eigenvalue weighted by atomic mass is 79.9. The van der Waals surface area contributed by atoms with Crippen LogP contribution >= 0.6 is 15.9 Å². The van der Waals surface area contributed by atoms with Crippen molar-refractivity contribution < 1.29 is 9.18 Å². The average Bonchev–Trinajstić information content (AvgIpc) is 2.34. The third-order valence-corrected chi connectivity index (χ3v) is 2.92. The van der Waals surface area contributed by atoms with Crippen molar-refractivity contribution >= 4 is 33.2 Å². The molecule has 6 heteroatoms. The number of carbonyl (C=O) groups is 1. The lowest BCUT2D eigenvalue weighted by molar-refractivity contribution is 0.102. The van der Waals surface area contributed by atoms with E-state index in [2.05, 4.69) is 26.2 Å². The van der Waals surface area contributed by atoms with Crippen LogP contribution in [0.5, 0.6) is 0 Å². The number of pyridine rings is 1. The largest absolute Gasteiger partial charge is 0.398 e. The summed E-state index contributed by atoms with van der Waals surface area (Å²) in [4.78, 5) is 15.7. The number of aromatic nitrogens is 1. The number of benzene rings is 1. The van der Waals surface area contributed by atoms with E-state index < -0.39 is 11.7 Å². The molecule has 1 aromatic heterocycles. The number of anilines is 2. The van der Waals surface area contributed by atoms with E-state index in [0.29, 0.717) is 15.8 Å². The first kappa shape index (κ1) is 12.5. The first-order valence-electron chi connectivity index (χ1n) is 5.04. The molecule has 2 aromatic rings. The number of nitrogen functional groups attached to an aromatic ring is 1. The maximum absolute atomic E-state index is 13.3. The Labute approximate surface area is 111 Å². The summed E-state index contributed by atoms with van der Waals surface area (Å²) < 4.78 is 13.6. The third kappa shape index (κ3) is 2.65. The van der Waals surface area contributed by atoms with Crippen molar-refractivity contribution in [2.45, 2.75) is 0 Å². The summed E-state index contributed by atoms with van der Waals surface area (Å²) in [6.07, 6.45) is 2.85. The van der Waals surface area contributed by atoms with Gasteiger partial charge in [-0.15, -0.1) is 0 Å². The summed E-state index contributed by atoms with van der Waals surface area (Å²) in [5.74, 6) is -0.880. The molecule has 0 aliphatic heterocycles. The van der Waals surface area contributed by atoms with Crippen molar-refractivity contribution in [2.24, 2.45) is 0 Å². The van der Waals surface area contributed by atoms with E-state index in [9.17, 15) is 9.18 Å². The summed E-state index contributed by atoms with van der Waals surface area (Å²) in [7, 11) is 0. The van der Waals surface area contributed by atoms with Gasteiger partial charge in [-0.2, -0.15) is 0 Å². The van der Waals surface area contributed by atoms with Gasteiger partial charge in [-0.1, -0.05) is 0 Å². The van der Waals surface area contributed by atoms with Crippen LogP contribution in [0.3, 0.4) is 0 Å². The van der Waals surface area contributed by atoms with Crippen molar-refractivity contribution in [1.82, 2.24) is 4.98 Å². The summed E-state index contributed by atoms with van der Waals surface area (Å²) in [5.41, 5.74) is 6.57. The molecular weight excluding hydrogens is 301 g/mol. The second-order valence-corrected chi connectivity index (χ2v) is 4.40. The van der Waals surface area contributed by atoms with E-state index in [0.717, 1.165) is 0 Å². The summed E-state index contributed by atoms with van der Waals surface area (Å²) >= 11 is 3.03. The van der Waals surface area contributed by atoms with Crippen LogP contribution in [0.1, 0.15) is 10.4 Å². The molecule has 1 heterocycles. The van der Waals surface area contributed by atoms with Gasteiger partial charge < -0.3 is 11.1 Å². The van der Waals surface area contributed by atoms with Gasteiger partial charge in [0.05, 0.1) is 10.0 Å². The Kier molecular flexibility index (Phi) is 3.57. The molecule has 0 unspecified atom stereocenters.